The van der Waals surface area contributed by atoms with Gasteiger partial charge < -0.3 is 14.6 Å². The van der Waals surface area contributed by atoms with E-state index < -0.39 is 0 Å². The van der Waals surface area contributed by atoms with Crippen molar-refractivity contribution in [2.24, 2.45) is 0 Å². The van der Waals surface area contributed by atoms with Crippen molar-refractivity contribution in [3.8, 4) is 17.2 Å². The molecule has 0 unspecified atom stereocenters. The summed E-state index contributed by atoms with van der Waals surface area (Å²) in [6.45, 7) is 2.06. The predicted molar refractivity (Wildman–Crippen MR) is 104 cm³/mol. The summed E-state index contributed by atoms with van der Waals surface area (Å²) in [5.74, 6) is 0.0457. The monoisotopic (exact) mass is 368 g/mol. The number of esters is 1. The van der Waals surface area contributed by atoms with Crippen LogP contribution in [-0.4, -0.2) is 24.0 Å². The Balaban J connectivity index is 2.00. The SMILES string of the molecule is CCCCCC(=O)Oc1ccc(C(=O)C=Cc2ccc(OC)cc2)c(O)c1. The minimum atomic E-state index is -0.346. The lowest BCUT2D eigenvalue weighted by atomic mass is 10.1. The van der Waals surface area contributed by atoms with Gasteiger partial charge in [-0.1, -0.05) is 38.0 Å². The van der Waals surface area contributed by atoms with Crippen LogP contribution in [0.4, 0.5) is 0 Å². The number of aromatic hydroxyl groups is 1. The molecule has 5 heteroatoms. The summed E-state index contributed by atoms with van der Waals surface area (Å²) in [5.41, 5.74) is 0.979. The van der Waals surface area contributed by atoms with E-state index in [1.54, 1.807) is 25.3 Å². The summed E-state index contributed by atoms with van der Waals surface area (Å²) in [7, 11) is 1.59. The summed E-state index contributed by atoms with van der Waals surface area (Å²) >= 11 is 0. The van der Waals surface area contributed by atoms with Crippen LogP contribution >= 0.6 is 0 Å². The molecule has 0 heterocycles. The Labute approximate surface area is 159 Å². The van der Waals surface area contributed by atoms with E-state index in [1.807, 2.05) is 12.1 Å². The predicted octanol–water partition coefficient (Wildman–Crippen LogP) is 4.78. The zero-order valence-electron chi connectivity index (χ0n) is 15.6. The molecule has 0 fully saturated rings. The van der Waals surface area contributed by atoms with E-state index in [1.165, 1.54) is 24.3 Å². The van der Waals surface area contributed by atoms with Crippen LogP contribution in [0.25, 0.3) is 6.08 Å². The fourth-order valence-electron chi connectivity index (χ4n) is 2.46. The molecule has 2 aromatic carbocycles. The second-order valence-electron chi connectivity index (χ2n) is 6.08. The highest BCUT2D eigenvalue weighted by atomic mass is 16.5. The average molecular weight is 368 g/mol. The van der Waals surface area contributed by atoms with Gasteiger partial charge in [0.15, 0.2) is 5.78 Å². The molecule has 0 aromatic heterocycles. The van der Waals surface area contributed by atoms with Crippen molar-refractivity contribution < 1.29 is 24.2 Å². The first-order chi connectivity index (χ1) is 13.0. The fraction of sp³-hybridized carbons (Fsp3) is 0.273. The maximum absolute atomic E-state index is 12.3. The lowest BCUT2D eigenvalue weighted by Gasteiger charge is -2.06. The molecule has 1 N–H and O–H groups in total. The minimum absolute atomic E-state index is 0.144. The third kappa shape index (κ3) is 6.29. The van der Waals surface area contributed by atoms with Gasteiger partial charge in [-0.05, 0) is 42.3 Å². The molecule has 0 bridgehead atoms. The van der Waals surface area contributed by atoms with Crippen molar-refractivity contribution >= 4 is 17.8 Å². The number of ether oxygens (including phenoxy) is 2. The molecule has 0 amide bonds. The molecular formula is C22H24O5. The third-order valence-corrected chi connectivity index (χ3v) is 3.99. The molecule has 2 rings (SSSR count). The van der Waals surface area contributed by atoms with E-state index in [-0.39, 0.29) is 28.8 Å². The molecule has 0 radical (unpaired) electrons. The lowest BCUT2D eigenvalue weighted by molar-refractivity contribution is -0.134. The lowest BCUT2D eigenvalue weighted by Crippen LogP contribution is -2.07. The number of carbonyl (C=O) groups excluding carboxylic acids is 2. The number of unbranched alkanes of at least 4 members (excludes halogenated alkanes) is 2. The van der Waals surface area contributed by atoms with E-state index in [4.69, 9.17) is 9.47 Å². The summed E-state index contributed by atoms with van der Waals surface area (Å²) < 4.78 is 10.3. The fourth-order valence-corrected chi connectivity index (χ4v) is 2.46. The highest BCUT2D eigenvalue weighted by Gasteiger charge is 2.11. The zero-order valence-corrected chi connectivity index (χ0v) is 15.6. The van der Waals surface area contributed by atoms with Gasteiger partial charge >= 0.3 is 5.97 Å². The number of rotatable bonds is 9. The molecule has 0 aliphatic rings. The normalized spacial score (nSPS) is 10.7. The Morgan fingerprint density at radius 2 is 1.74 bits per heavy atom. The second kappa shape index (κ2) is 10.2. The van der Waals surface area contributed by atoms with Gasteiger partial charge in [-0.15, -0.1) is 0 Å². The highest BCUT2D eigenvalue weighted by molar-refractivity contribution is 6.08. The molecule has 0 aliphatic carbocycles. The zero-order chi connectivity index (χ0) is 19.6. The summed E-state index contributed by atoms with van der Waals surface area (Å²) in [6, 6.07) is 11.5. The molecule has 5 nitrogen and oxygen atoms in total. The van der Waals surface area contributed by atoms with Crippen molar-refractivity contribution in [3.63, 3.8) is 0 Å². The van der Waals surface area contributed by atoms with Crippen molar-refractivity contribution in [1.82, 2.24) is 0 Å². The van der Waals surface area contributed by atoms with Crippen molar-refractivity contribution in [3.05, 3.63) is 59.7 Å². The first-order valence-electron chi connectivity index (χ1n) is 8.93. The number of phenolic OH excluding ortho intramolecular Hbond substituents is 1. The van der Waals surface area contributed by atoms with Crippen molar-refractivity contribution in [1.29, 1.82) is 0 Å². The van der Waals surface area contributed by atoms with Crippen LogP contribution < -0.4 is 9.47 Å². The molecule has 27 heavy (non-hydrogen) atoms. The minimum Gasteiger partial charge on any atom is -0.507 e. The highest BCUT2D eigenvalue weighted by Crippen LogP contribution is 2.25. The Bertz CT molecular complexity index is 806. The topological polar surface area (TPSA) is 72.8 Å². The van der Waals surface area contributed by atoms with E-state index in [2.05, 4.69) is 6.92 Å². The summed E-state index contributed by atoms with van der Waals surface area (Å²) in [4.78, 5) is 24.0. The molecule has 142 valence electrons. The van der Waals surface area contributed by atoms with E-state index in [0.717, 1.165) is 30.6 Å². The molecule has 0 spiro atoms. The molecule has 0 saturated carbocycles. The van der Waals surface area contributed by atoms with Crippen LogP contribution in [-0.2, 0) is 4.79 Å². The number of ketones is 1. The quantitative estimate of drug-likeness (QED) is 0.227. The molecular weight excluding hydrogens is 344 g/mol. The third-order valence-electron chi connectivity index (χ3n) is 3.99. The number of phenols is 1. The molecule has 0 aliphatic heterocycles. The standard InChI is InChI=1S/C22H24O5/c1-3-4-5-6-22(25)27-18-12-13-19(21(24)15-18)20(23)14-9-16-7-10-17(26-2)11-8-16/h7-15,24H,3-6H2,1-2H3. The Hall–Kier alpha value is -3.08. The first kappa shape index (κ1) is 20.2. The summed E-state index contributed by atoms with van der Waals surface area (Å²) in [5, 5.41) is 10.1. The van der Waals surface area contributed by atoms with Gasteiger partial charge in [-0.2, -0.15) is 0 Å². The number of methoxy groups -OCH3 is 1. The number of benzene rings is 2. The van der Waals surface area contributed by atoms with Crippen LogP contribution in [0.3, 0.4) is 0 Å². The van der Waals surface area contributed by atoms with Gasteiger partial charge in [0.2, 0.25) is 0 Å². The van der Waals surface area contributed by atoms with Crippen LogP contribution in [0.2, 0.25) is 0 Å². The average Bonchev–Trinajstić information content (AvgIpc) is 2.67. The maximum atomic E-state index is 12.3. The van der Waals surface area contributed by atoms with Crippen molar-refractivity contribution in [2.75, 3.05) is 7.11 Å². The van der Waals surface area contributed by atoms with Gasteiger partial charge in [0.1, 0.15) is 17.2 Å². The van der Waals surface area contributed by atoms with Gasteiger partial charge in [0.05, 0.1) is 12.7 Å². The van der Waals surface area contributed by atoms with Crippen LogP contribution in [0, 0.1) is 0 Å². The van der Waals surface area contributed by atoms with Crippen LogP contribution in [0.5, 0.6) is 17.2 Å². The van der Waals surface area contributed by atoms with Crippen LogP contribution in [0.15, 0.2) is 48.5 Å². The Kier molecular flexibility index (Phi) is 7.62. The molecule has 2 aromatic rings. The van der Waals surface area contributed by atoms with Crippen molar-refractivity contribution in [2.45, 2.75) is 32.6 Å². The maximum Gasteiger partial charge on any atom is 0.311 e. The van der Waals surface area contributed by atoms with Gasteiger partial charge in [-0.3, -0.25) is 9.59 Å². The van der Waals surface area contributed by atoms with Gasteiger partial charge in [-0.25, -0.2) is 0 Å². The number of hydrogen-bond acceptors (Lipinski definition) is 5. The van der Waals surface area contributed by atoms with Gasteiger partial charge in [0, 0.05) is 12.5 Å². The van der Waals surface area contributed by atoms with E-state index in [0.29, 0.717) is 6.42 Å². The number of carbonyl (C=O) groups is 2. The Morgan fingerprint density at radius 3 is 2.37 bits per heavy atom. The first-order valence-corrected chi connectivity index (χ1v) is 8.93. The van der Waals surface area contributed by atoms with Crippen LogP contribution in [0.1, 0.15) is 48.5 Å². The second-order valence-corrected chi connectivity index (χ2v) is 6.08. The van der Waals surface area contributed by atoms with E-state index >= 15 is 0 Å². The van der Waals surface area contributed by atoms with E-state index in [9.17, 15) is 14.7 Å². The molecule has 0 saturated heterocycles. The number of allylic oxidation sites excluding steroid dienone is 1. The summed E-state index contributed by atoms with van der Waals surface area (Å²) in [6.07, 6.45) is 6.13. The smallest absolute Gasteiger partial charge is 0.311 e. The molecule has 0 atom stereocenters. The largest absolute Gasteiger partial charge is 0.507 e. The number of hydrogen-bond donors (Lipinski definition) is 1. The Morgan fingerprint density at radius 1 is 1.04 bits per heavy atom. The van der Waals surface area contributed by atoms with Gasteiger partial charge in [0.25, 0.3) is 0 Å².